The number of aliphatic hydroxyl groups excluding tert-OH is 1. The van der Waals surface area contributed by atoms with Crippen molar-refractivity contribution in [3.05, 3.63) is 16.1 Å². The van der Waals surface area contributed by atoms with E-state index in [2.05, 4.69) is 22.5 Å². The van der Waals surface area contributed by atoms with Crippen LogP contribution >= 0.6 is 11.3 Å². The summed E-state index contributed by atoms with van der Waals surface area (Å²) < 4.78 is 0. The molecule has 0 spiro atoms. The molecule has 20 heavy (non-hydrogen) atoms. The van der Waals surface area contributed by atoms with Gasteiger partial charge in [-0.2, -0.15) is 0 Å². The smallest absolute Gasteiger partial charge is 0.315 e. The van der Waals surface area contributed by atoms with Crippen molar-refractivity contribution in [2.75, 3.05) is 13.2 Å². The van der Waals surface area contributed by atoms with Gasteiger partial charge in [-0.15, -0.1) is 11.3 Å². The fourth-order valence-electron chi connectivity index (χ4n) is 1.67. The second kappa shape index (κ2) is 8.21. The number of hydrogen-bond donors (Lipinski definition) is 3. The van der Waals surface area contributed by atoms with Crippen LogP contribution in [0.25, 0.3) is 0 Å². The molecule has 0 fully saturated rings. The van der Waals surface area contributed by atoms with Crippen molar-refractivity contribution < 1.29 is 9.90 Å². The van der Waals surface area contributed by atoms with E-state index >= 15 is 0 Å². The van der Waals surface area contributed by atoms with Crippen LogP contribution < -0.4 is 10.6 Å². The molecule has 0 saturated carbocycles. The summed E-state index contributed by atoms with van der Waals surface area (Å²) in [5.74, 6) is 0. The highest BCUT2D eigenvalue weighted by atomic mass is 32.1. The van der Waals surface area contributed by atoms with Crippen LogP contribution in [0.15, 0.2) is 5.38 Å². The fraction of sp³-hybridized carbons (Fsp3) is 0.714. The lowest BCUT2D eigenvalue weighted by Gasteiger charge is -2.21. The maximum absolute atomic E-state index is 11.6. The van der Waals surface area contributed by atoms with Crippen LogP contribution in [0.1, 0.15) is 44.3 Å². The Bertz CT molecular complexity index is 418. The molecule has 6 heteroatoms. The van der Waals surface area contributed by atoms with Gasteiger partial charge in [0.15, 0.2) is 0 Å². The van der Waals surface area contributed by atoms with Gasteiger partial charge in [-0.05, 0) is 24.7 Å². The monoisotopic (exact) mass is 299 g/mol. The minimum atomic E-state index is -0.169. The van der Waals surface area contributed by atoms with Crippen LogP contribution in [-0.4, -0.2) is 29.3 Å². The summed E-state index contributed by atoms with van der Waals surface area (Å²) in [7, 11) is 0. The number of rotatable bonds is 8. The molecule has 0 atom stereocenters. The van der Waals surface area contributed by atoms with Gasteiger partial charge in [-0.25, -0.2) is 9.78 Å². The molecule has 1 aromatic heterocycles. The standard InChI is InChI=1S/C14H25N3O2S/c1-4-12-17-11(9-20-12)8-16-13(19)15-7-5-6-14(2,3)10-18/h9,18H,4-8,10H2,1-3H3,(H2,15,16,19). The first-order valence-corrected chi connectivity index (χ1v) is 7.90. The van der Waals surface area contributed by atoms with Crippen molar-refractivity contribution in [1.29, 1.82) is 0 Å². The molecule has 0 saturated heterocycles. The Balaban J connectivity index is 2.14. The molecular formula is C14H25N3O2S. The molecule has 0 aromatic carbocycles. The molecule has 0 unspecified atom stereocenters. The number of aliphatic hydroxyl groups is 1. The van der Waals surface area contributed by atoms with Crippen LogP contribution in [-0.2, 0) is 13.0 Å². The number of carbonyl (C=O) groups is 1. The number of aromatic nitrogens is 1. The van der Waals surface area contributed by atoms with E-state index in [9.17, 15) is 4.79 Å². The molecule has 2 amide bonds. The molecular weight excluding hydrogens is 274 g/mol. The number of hydrogen-bond acceptors (Lipinski definition) is 4. The highest BCUT2D eigenvalue weighted by Gasteiger charge is 2.15. The molecule has 1 heterocycles. The first kappa shape index (κ1) is 16.9. The van der Waals surface area contributed by atoms with Gasteiger partial charge in [-0.1, -0.05) is 20.8 Å². The highest BCUT2D eigenvalue weighted by Crippen LogP contribution is 2.20. The second-order valence-corrected chi connectivity index (χ2v) is 6.56. The first-order valence-electron chi connectivity index (χ1n) is 7.02. The van der Waals surface area contributed by atoms with E-state index in [1.165, 1.54) is 0 Å². The summed E-state index contributed by atoms with van der Waals surface area (Å²) in [6.07, 6.45) is 2.67. The predicted molar refractivity (Wildman–Crippen MR) is 81.8 cm³/mol. The molecule has 1 rings (SSSR count). The molecule has 0 aliphatic rings. The fourth-order valence-corrected chi connectivity index (χ4v) is 2.42. The summed E-state index contributed by atoms with van der Waals surface area (Å²) in [5, 5.41) is 17.8. The normalized spacial score (nSPS) is 11.4. The zero-order valence-corrected chi connectivity index (χ0v) is 13.3. The maximum Gasteiger partial charge on any atom is 0.315 e. The quantitative estimate of drug-likeness (QED) is 0.645. The molecule has 0 radical (unpaired) electrons. The third kappa shape index (κ3) is 6.34. The Kier molecular flexibility index (Phi) is 6.95. The Morgan fingerprint density at radius 2 is 2.20 bits per heavy atom. The van der Waals surface area contributed by atoms with E-state index in [0.29, 0.717) is 13.1 Å². The second-order valence-electron chi connectivity index (χ2n) is 5.62. The SMILES string of the molecule is CCc1nc(CNC(=O)NCCCC(C)(C)CO)cs1. The summed E-state index contributed by atoms with van der Waals surface area (Å²) in [4.78, 5) is 16.0. The third-order valence-electron chi connectivity index (χ3n) is 3.08. The zero-order valence-electron chi connectivity index (χ0n) is 12.5. The number of aryl methyl sites for hydroxylation is 1. The summed E-state index contributed by atoms with van der Waals surface area (Å²) in [5.41, 5.74) is 0.832. The number of carbonyl (C=O) groups excluding carboxylic acids is 1. The predicted octanol–water partition coefficient (Wildman–Crippen LogP) is 2.30. The minimum absolute atomic E-state index is 0.0741. The number of thiazole rings is 1. The van der Waals surface area contributed by atoms with Gasteiger partial charge in [0.1, 0.15) is 0 Å². The highest BCUT2D eigenvalue weighted by molar-refractivity contribution is 7.09. The van der Waals surface area contributed by atoms with E-state index in [1.54, 1.807) is 11.3 Å². The number of amides is 2. The largest absolute Gasteiger partial charge is 0.396 e. The number of urea groups is 1. The summed E-state index contributed by atoms with van der Waals surface area (Å²) in [6.45, 7) is 7.34. The van der Waals surface area contributed by atoms with Gasteiger partial charge in [0.05, 0.1) is 17.2 Å². The lowest BCUT2D eigenvalue weighted by Crippen LogP contribution is -2.36. The van der Waals surface area contributed by atoms with Crippen LogP contribution in [0.4, 0.5) is 4.79 Å². The zero-order chi connectivity index (χ0) is 15.0. The molecule has 3 N–H and O–H groups in total. The first-order chi connectivity index (χ1) is 9.46. The summed E-state index contributed by atoms with van der Waals surface area (Å²) >= 11 is 1.62. The van der Waals surface area contributed by atoms with E-state index in [4.69, 9.17) is 5.11 Å². The number of nitrogens with one attached hydrogen (secondary N) is 2. The number of nitrogens with zero attached hydrogens (tertiary/aromatic N) is 1. The molecule has 0 bridgehead atoms. The van der Waals surface area contributed by atoms with E-state index in [1.807, 2.05) is 19.2 Å². The van der Waals surface area contributed by atoms with Crippen LogP contribution in [0.5, 0.6) is 0 Å². The van der Waals surface area contributed by atoms with Gasteiger partial charge in [0.2, 0.25) is 0 Å². The van der Waals surface area contributed by atoms with Crippen molar-refractivity contribution >= 4 is 17.4 Å². The van der Waals surface area contributed by atoms with Crippen LogP contribution in [0.3, 0.4) is 0 Å². The van der Waals surface area contributed by atoms with E-state index < -0.39 is 0 Å². The average Bonchev–Trinajstić information content (AvgIpc) is 2.89. The Morgan fingerprint density at radius 1 is 1.45 bits per heavy atom. The average molecular weight is 299 g/mol. The van der Waals surface area contributed by atoms with E-state index in [-0.39, 0.29) is 18.1 Å². The Labute approximate surface area is 124 Å². The van der Waals surface area contributed by atoms with Crippen molar-refractivity contribution in [3.8, 4) is 0 Å². The van der Waals surface area contributed by atoms with Crippen molar-refractivity contribution in [3.63, 3.8) is 0 Å². The maximum atomic E-state index is 11.6. The van der Waals surface area contributed by atoms with Crippen molar-refractivity contribution in [2.24, 2.45) is 5.41 Å². The lowest BCUT2D eigenvalue weighted by molar-refractivity contribution is 0.148. The van der Waals surface area contributed by atoms with Gasteiger partial charge < -0.3 is 15.7 Å². The van der Waals surface area contributed by atoms with Crippen LogP contribution in [0, 0.1) is 5.41 Å². The van der Waals surface area contributed by atoms with Gasteiger partial charge in [0.25, 0.3) is 0 Å². The van der Waals surface area contributed by atoms with Crippen LogP contribution in [0.2, 0.25) is 0 Å². The van der Waals surface area contributed by atoms with E-state index in [0.717, 1.165) is 30.0 Å². The molecule has 5 nitrogen and oxygen atoms in total. The lowest BCUT2D eigenvalue weighted by atomic mass is 9.89. The Hall–Kier alpha value is -1.14. The van der Waals surface area contributed by atoms with Gasteiger partial charge in [-0.3, -0.25) is 0 Å². The topological polar surface area (TPSA) is 74.2 Å². The molecule has 0 aliphatic carbocycles. The molecule has 0 aliphatic heterocycles. The van der Waals surface area contributed by atoms with Crippen molar-refractivity contribution in [1.82, 2.24) is 15.6 Å². The molecule has 1 aromatic rings. The molecule has 114 valence electrons. The van der Waals surface area contributed by atoms with Gasteiger partial charge in [0, 0.05) is 18.5 Å². The Morgan fingerprint density at radius 3 is 2.80 bits per heavy atom. The van der Waals surface area contributed by atoms with Crippen molar-refractivity contribution in [2.45, 2.75) is 46.6 Å². The van der Waals surface area contributed by atoms with Gasteiger partial charge >= 0.3 is 6.03 Å². The third-order valence-corrected chi connectivity index (χ3v) is 4.12. The minimum Gasteiger partial charge on any atom is -0.396 e. The summed E-state index contributed by atoms with van der Waals surface area (Å²) in [6, 6.07) is -0.169.